The Kier molecular flexibility index (Phi) is 2.64. The van der Waals surface area contributed by atoms with Crippen LogP contribution in [0, 0.1) is 0 Å². The summed E-state index contributed by atoms with van der Waals surface area (Å²) in [6.45, 7) is 3.48. The van der Waals surface area contributed by atoms with Crippen molar-refractivity contribution in [3.63, 3.8) is 0 Å². The topological polar surface area (TPSA) is 54.4 Å². The molecule has 1 N–H and O–H groups in total. The van der Waals surface area contributed by atoms with Gasteiger partial charge < -0.3 is 5.11 Å². The molecule has 1 aromatic rings. The van der Waals surface area contributed by atoms with Crippen LogP contribution < -0.4 is 0 Å². The quantitative estimate of drug-likeness (QED) is 0.854. The van der Waals surface area contributed by atoms with Gasteiger partial charge in [-0.3, -0.25) is 0 Å². The van der Waals surface area contributed by atoms with Gasteiger partial charge in [0, 0.05) is 5.41 Å². The van der Waals surface area contributed by atoms with E-state index in [-0.39, 0.29) is 0 Å². The average molecular weight is 238 g/mol. The number of sulfone groups is 1. The number of fused-ring (bicyclic) bond motifs is 1. The fourth-order valence-corrected chi connectivity index (χ4v) is 3.53. The van der Waals surface area contributed by atoms with Crippen LogP contribution in [0.5, 0.6) is 0 Å². The predicted molar refractivity (Wildman–Crippen MR) is 62.7 cm³/mol. The molecular weight excluding hydrogens is 224 g/mol. The van der Waals surface area contributed by atoms with Crippen molar-refractivity contribution >= 4 is 15.4 Å². The summed E-state index contributed by atoms with van der Waals surface area (Å²) in [5.74, 6) is 0. The van der Waals surface area contributed by atoms with E-state index in [1.54, 1.807) is 19.9 Å². The molecule has 1 aromatic carbocycles. The minimum Gasteiger partial charge on any atom is -0.393 e. The van der Waals surface area contributed by atoms with Crippen LogP contribution >= 0.6 is 0 Å². The SMILES string of the molecule is CC1=CS(=O)(=O)c2cc(CC(C)O)ccc21. The molecule has 1 aliphatic rings. The van der Waals surface area contributed by atoms with Gasteiger partial charge in [0.05, 0.1) is 11.0 Å². The van der Waals surface area contributed by atoms with Gasteiger partial charge in [-0.25, -0.2) is 8.42 Å². The second-order valence-corrected chi connectivity index (χ2v) is 6.00. The summed E-state index contributed by atoms with van der Waals surface area (Å²) < 4.78 is 23.5. The molecule has 1 heterocycles. The van der Waals surface area contributed by atoms with Crippen LogP contribution in [0.3, 0.4) is 0 Å². The molecule has 2 rings (SSSR count). The molecule has 0 amide bonds. The Bertz CT molecular complexity index is 554. The second-order valence-electron chi connectivity index (χ2n) is 4.23. The van der Waals surface area contributed by atoms with Gasteiger partial charge in [-0.15, -0.1) is 0 Å². The first-order valence-electron chi connectivity index (χ1n) is 5.15. The summed E-state index contributed by atoms with van der Waals surface area (Å²) in [5.41, 5.74) is 2.40. The smallest absolute Gasteiger partial charge is 0.200 e. The highest BCUT2D eigenvalue weighted by atomic mass is 32.2. The van der Waals surface area contributed by atoms with Crippen LogP contribution in [-0.2, 0) is 16.3 Å². The summed E-state index contributed by atoms with van der Waals surface area (Å²) in [5, 5.41) is 10.6. The third-order valence-electron chi connectivity index (χ3n) is 2.64. The van der Waals surface area contributed by atoms with Crippen molar-refractivity contribution in [2.24, 2.45) is 0 Å². The average Bonchev–Trinajstić information content (AvgIpc) is 2.36. The van der Waals surface area contributed by atoms with E-state index in [1.807, 2.05) is 12.1 Å². The maximum absolute atomic E-state index is 11.8. The first-order chi connectivity index (χ1) is 7.40. The molecule has 4 heteroatoms. The van der Waals surface area contributed by atoms with Gasteiger partial charge in [0.15, 0.2) is 0 Å². The first kappa shape index (κ1) is 11.4. The molecule has 0 bridgehead atoms. The largest absolute Gasteiger partial charge is 0.393 e. The molecule has 0 saturated heterocycles. The zero-order valence-corrected chi connectivity index (χ0v) is 10.1. The van der Waals surface area contributed by atoms with Gasteiger partial charge >= 0.3 is 0 Å². The van der Waals surface area contributed by atoms with E-state index < -0.39 is 15.9 Å². The van der Waals surface area contributed by atoms with Crippen molar-refractivity contribution in [1.82, 2.24) is 0 Å². The van der Waals surface area contributed by atoms with Crippen LogP contribution in [0.4, 0.5) is 0 Å². The fourth-order valence-electron chi connectivity index (χ4n) is 1.96. The van der Waals surface area contributed by atoms with Crippen molar-refractivity contribution in [3.05, 3.63) is 34.7 Å². The molecule has 0 fully saturated rings. The number of rotatable bonds is 2. The van der Waals surface area contributed by atoms with Crippen molar-refractivity contribution in [2.45, 2.75) is 31.3 Å². The van der Waals surface area contributed by atoms with Gasteiger partial charge in [0.2, 0.25) is 9.84 Å². The van der Waals surface area contributed by atoms with E-state index in [0.717, 1.165) is 16.7 Å². The molecule has 16 heavy (non-hydrogen) atoms. The van der Waals surface area contributed by atoms with Gasteiger partial charge in [0.1, 0.15) is 0 Å². The molecule has 1 aliphatic heterocycles. The Morgan fingerprint density at radius 3 is 2.69 bits per heavy atom. The minimum atomic E-state index is -3.26. The van der Waals surface area contributed by atoms with E-state index in [2.05, 4.69) is 0 Å². The highest BCUT2D eigenvalue weighted by Gasteiger charge is 2.24. The lowest BCUT2D eigenvalue weighted by Crippen LogP contribution is -2.05. The molecule has 1 atom stereocenters. The van der Waals surface area contributed by atoms with Gasteiger partial charge in [-0.1, -0.05) is 12.1 Å². The van der Waals surface area contributed by atoms with E-state index >= 15 is 0 Å². The third kappa shape index (κ3) is 1.90. The Morgan fingerprint density at radius 2 is 2.06 bits per heavy atom. The zero-order valence-electron chi connectivity index (χ0n) is 9.27. The standard InChI is InChI=1S/C12H14O3S/c1-8-7-16(14,15)12-6-10(5-9(2)13)3-4-11(8)12/h3-4,6-7,9,13H,5H2,1-2H3. The van der Waals surface area contributed by atoms with Gasteiger partial charge in [-0.2, -0.15) is 0 Å². The molecule has 0 aromatic heterocycles. The molecule has 0 aliphatic carbocycles. The number of allylic oxidation sites excluding steroid dienone is 1. The lowest BCUT2D eigenvalue weighted by molar-refractivity contribution is 0.195. The Balaban J connectivity index is 2.50. The van der Waals surface area contributed by atoms with E-state index in [1.165, 1.54) is 5.41 Å². The third-order valence-corrected chi connectivity index (χ3v) is 4.26. The van der Waals surface area contributed by atoms with Crippen LogP contribution in [0.1, 0.15) is 25.0 Å². The highest BCUT2D eigenvalue weighted by molar-refractivity contribution is 7.95. The Labute approximate surface area is 95.3 Å². The number of hydrogen-bond acceptors (Lipinski definition) is 3. The Hall–Kier alpha value is -1.13. The summed E-state index contributed by atoms with van der Waals surface area (Å²) >= 11 is 0. The van der Waals surface area contributed by atoms with Crippen LogP contribution in [0.15, 0.2) is 28.5 Å². The van der Waals surface area contributed by atoms with Crippen LogP contribution in [0.25, 0.3) is 5.57 Å². The first-order valence-corrected chi connectivity index (χ1v) is 6.69. The number of benzene rings is 1. The predicted octanol–water partition coefficient (Wildman–Crippen LogP) is 1.76. The number of hydrogen-bond donors (Lipinski definition) is 1. The fraction of sp³-hybridized carbons (Fsp3) is 0.333. The van der Waals surface area contributed by atoms with Crippen molar-refractivity contribution in [2.75, 3.05) is 0 Å². The van der Waals surface area contributed by atoms with E-state index in [4.69, 9.17) is 0 Å². The maximum Gasteiger partial charge on any atom is 0.200 e. The second kappa shape index (κ2) is 3.71. The molecular formula is C12H14O3S. The number of aliphatic hydroxyl groups is 1. The van der Waals surface area contributed by atoms with Crippen molar-refractivity contribution in [3.8, 4) is 0 Å². The summed E-state index contributed by atoms with van der Waals surface area (Å²) in [6, 6.07) is 5.33. The summed E-state index contributed by atoms with van der Waals surface area (Å²) in [6.07, 6.45) is 0.0122. The van der Waals surface area contributed by atoms with Gasteiger partial charge in [0.25, 0.3) is 0 Å². The molecule has 0 saturated carbocycles. The molecule has 1 unspecified atom stereocenters. The van der Waals surface area contributed by atoms with E-state index in [9.17, 15) is 13.5 Å². The van der Waals surface area contributed by atoms with Gasteiger partial charge in [-0.05, 0) is 43.0 Å². The lowest BCUT2D eigenvalue weighted by Gasteiger charge is -2.07. The van der Waals surface area contributed by atoms with Crippen LogP contribution in [-0.4, -0.2) is 19.6 Å². The number of aliphatic hydroxyl groups excluding tert-OH is 1. The van der Waals surface area contributed by atoms with Crippen molar-refractivity contribution < 1.29 is 13.5 Å². The zero-order chi connectivity index (χ0) is 11.9. The molecule has 3 nitrogen and oxygen atoms in total. The summed E-state index contributed by atoms with van der Waals surface area (Å²) in [7, 11) is -3.26. The van der Waals surface area contributed by atoms with Crippen molar-refractivity contribution in [1.29, 1.82) is 0 Å². The minimum absolute atomic E-state index is 0.364. The molecule has 0 radical (unpaired) electrons. The molecule has 0 spiro atoms. The van der Waals surface area contributed by atoms with E-state index in [0.29, 0.717) is 11.3 Å². The monoisotopic (exact) mass is 238 g/mol. The highest BCUT2D eigenvalue weighted by Crippen LogP contribution is 2.33. The normalized spacial score (nSPS) is 19.1. The summed E-state index contributed by atoms with van der Waals surface area (Å²) in [4.78, 5) is 0.364. The van der Waals surface area contributed by atoms with Crippen LogP contribution in [0.2, 0.25) is 0 Å². The molecule has 86 valence electrons. The maximum atomic E-state index is 11.8. The Morgan fingerprint density at radius 1 is 1.38 bits per heavy atom. The lowest BCUT2D eigenvalue weighted by atomic mass is 10.0.